The SMILES string of the molecule is C[C@@H]1C[C@H]2CNC[C@H]2N1c1nccc(C(F)(F)F)n1. The average molecular weight is 272 g/mol. The van der Waals surface area contributed by atoms with Gasteiger partial charge in [-0.05, 0) is 25.3 Å². The van der Waals surface area contributed by atoms with Crippen molar-refractivity contribution in [3.05, 3.63) is 18.0 Å². The highest BCUT2D eigenvalue weighted by molar-refractivity contribution is 5.38. The van der Waals surface area contributed by atoms with Gasteiger partial charge in [-0.3, -0.25) is 0 Å². The highest BCUT2D eigenvalue weighted by Gasteiger charge is 2.43. The van der Waals surface area contributed by atoms with E-state index in [0.717, 1.165) is 25.6 Å². The fraction of sp³-hybridized carbons (Fsp3) is 0.667. The monoisotopic (exact) mass is 272 g/mol. The standard InChI is InChI=1S/C12H15F3N4/c1-7-4-8-5-16-6-9(8)19(7)11-17-3-2-10(18-11)12(13,14)15/h2-3,7-9,16H,4-6H2,1H3/t7-,8+,9-/m1/s1. The van der Waals surface area contributed by atoms with E-state index in [4.69, 9.17) is 0 Å². The number of hydrogen-bond acceptors (Lipinski definition) is 4. The van der Waals surface area contributed by atoms with Gasteiger partial charge < -0.3 is 10.2 Å². The number of hydrogen-bond donors (Lipinski definition) is 1. The largest absolute Gasteiger partial charge is 0.433 e. The van der Waals surface area contributed by atoms with Crippen LogP contribution in [0.25, 0.3) is 0 Å². The Bertz CT molecular complexity index is 476. The molecule has 0 radical (unpaired) electrons. The average Bonchev–Trinajstić information content (AvgIpc) is 2.87. The van der Waals surface area contributed by atoms with E-state index < -0.39 is 11.9 Å². The number of nitrogens with one attached hydrogen (secondary N) is 1. The molecule has 19 heavy (non-hydrogen) atoms. The lowest BCUT2D eigenvalue weighted by molar-refractivity contribution is -0.141. The minimum Gasteiger partial charge on any atom is -0.334 e. The van der Waals surface area contributed by atoms with Gasteiger partial charge in [-0.1, -0.05) is 0 Å². The lowest BCUT2D eigenvalue weighted by atomic mass is 10.0. The second-order valence-electron chi connectivity index (χ2n) is 5.22. The molecule has 1 N–H and O–H groups in total. The van der Waals surface area contributed by atoms with Gasteiger partial charge in [0.2, 0.25) is 5.95 Å². The Morgan fingerprint density at radius 3 is 2.89 bits per heavy atom. The van der Waals surface area contributed by atoms with Crippen molar-refractivity contribution in [2.75, 3.05) is 18.0 Å². The summed E-state index contributed by atoms with van der Waals surface area (Å²) < 4.78 is 38.1. The van der Waals surface area contributed by atoms with Crippen LogP contribution in [0, 0.1) is 5.92 Å². The zero-order chi connectivity index (χ0) is 13.6. The minimum atomic E-state index is -4.42. The van der Waals surface area contributed by atoms with Crippen LogP contribution in [0.15, 0.2) is 12.3 Å². The first-order valence-electron chi connectivity index (χ1n) is 6.36. The van der Waals surface area contributed by atoms with E-state index in [0.29, 0.717) is 5.92 Å². The Morgan fingerprint density at radius 1 is 1.37 bits per heavy atom. The van der Waals surface area contributed by atoms with Crippen molar-refractivity contribution >= 4 is 5.95 Å². The van der Waals surface area contributed by atoms with Gasteiger partial charge in [0, 0.05) is 31.4 Å². The van der Waals surface area contributed by atoms with Crippen LogP contribution in [0.5, 0.6) is 0 Å². The van der Waals surface area contributed by atoms with Gasteiger partial charge in [0.05, 0.1) is 0 Å². The molecule has 3 heterocycles. The molecule has 1 aromatic rings. The molecule has 2 aliphatic heterocycles. The van der Waals surface area contributed by atoms with E-state index in [9.17, 15) is 13.2 Å². The molecule has 104 valence electrons. The van der Waals surface area contributed by atoms with Crippen molar-refractivity contribution in [3.8, 4) is 0 Å². The molecule has 0 saturated carbocycles. The summed E-state index contributed by atoms with van der Waals surface area (Å²) in [7, 11) is 0. The second kappa shape index (κ2) is 4.33. The molecule has 0 amide bonds. The maximum Gasteiger partial charge on any atom is 0.433 e. The minimum absolute atomic E-state index is 0.181. The van der Waals surface area contributed by atoms with Crippen molar-refractivity contribution in [3.63, 3.8) is 0 Å². The lowest BCUT2D eigenvalue weighted by Gasteiger charge is -2.27. The number of halogens is 3. The molecular formula is C12H15F3N4. The molecule has 2 saturated heterocycles. The predicted octanol–water partition coefficient (Wildman–Crippen LogP) is 1.68. The maximum atomic E-state index is 12.7. The molecule has 4 nitrogen and oxygen atoms in total. The van der Waals surface area contributed by atoms with Crippen LogP contribution in [0.2, 0.25) is 0 Å². The Hall–Kier alpha value is -1.37. The van der Waals surface area contributed by atoms with Gasteiger partial charge >= 0.3 is 6.18 Å². The predicted molar refractivity (Wildman–Crippen MR) is 63.7 cm³/mol. The van der Waals surface area contributed by atoms with E-state index in [-0.39, 0.29) is 18.0 Å². The molecule has 2 fully saturated rings. The van der Waals surface area contributed by atoms with Gasteiger partial charge in [0.1, 0.15) is 5.69 Å². The van der Waals surface area contributed by atoms with Crippen LogP contribution in [-0.2, 0) is 6.18 Å². The molecular weight excluding hydrogens is 257 g/mol. The van der Waals surface area contributed by atoms with E-state index in [2.05, 4.69) is 15.3 Å². The zero-order valence-corrected chi connectivity index (χ0v) is 10.5. The Kier molecular flexibility index (Phi) is 2.88. The summed E-state index contributed by atoms with van der Waals surface area (Å²) in [5.41, 5.74) is -0.876. The molecule has 0 aliphatic carbocycles. The summed E-state index contributed by atoms with van der Waals surface area (Å²) in [4.78, 5) is 9.66. The number of rotatable bonds is 1. The second-order valence-corrected chi connectivity index (χ2v) is 5.22. The fourth-order valence-corrected chi connectivity index (χ4v) is 3.14. The summed E-state index contributed by atoms with van der Waals surface area (Å²) >= 11 is 0. The smallest absolute Gasteiger partial charge is 0.334 e. The number of fused-ring (bicyclic) bond motifs is 1. The molecule has 3 rings (SSSR count). The normalized spacial score (nSPS) is 30.7. The van der Waals surface area contributed by atoms with E-state index in [1.54, 1.807) is 0 Å². The summed E-state index contributed by atoms with van der Waals surface area (Å²) in [6.45, 7) is 3.72. The molecule has 1 aromatic heterocycles. The molecule has 0 aromatic carbocycles. The summed E-state index contributed by atoms with van der Waals surface area (Å²) in [6, 6.07) is 1.30. The molecule has 0 unspecified atom stereocenters. The van der Waals surface area contributed by atoms with E-state index >= 15 is 0 Å². The van der Waals surface area contributed by atoms with Crippen molar-refractivity contribution in [2.45, 2.75) is 31.6 Å². The Labute approximate surface area is 109 Å². The number of nitrogens with zero attached hydrogens (tertiary/aromatic N) is 3. The quantitative estimate of drug-likeness (QED) is 0.844. The third kappa shape index (κ3) is 2.16. The van der Waals surface area contributed by atoms with Crippen LogP contribution in [0.3, 0.4) is 0 Å². The summed E-state index contributed by atoms with van der Waals surface area (Å²) in [5.74, 6) is 0.673. The van der Waals surface area contributed by atoms with Crippen molar-refractivity contribution in [1.29, 1.82) is 0 Å². The topological polar surface area (TPSA) is 41.0 Å². The number of anilines is 1. The summed E-state index contributed by atoms with van der Waals surface area (Å²) in [5, 5.41) is 3.27. The van der Waals surface area contributed by atoms with E-state index in [1.807, 2.05) is 11.8 Å². The maximum absolute atomic E-state index is 12.7. The fourth-order valence-electron chi connectivity index (χ4n) is 3.14. The van der Waals surface area contributed by atoms with Crippen LogP contribution >= 0.6 is 0 Å². The van der Waals surface area contributed by atoms with Gasteiger partial charge in [0.15, 0.2) is 0 Å². The van der Waals surface area contributed by atoms with Crippen LogP contribution in [0.1, 0.15) is 19.0 Å². The van der Waals surface area contributed by atoms with Crippen LogP contribution in [0.4, 0.5) is 19.1 Å². The molecule has 0 bridgehead atoms. The number of aromatic nitrogens is 2. The highest BCUT2D eigenvalue weighted by Crippen LogP contribution is 2.35. The first-order valence-corrected chi connectivity index (χ1v) is 6.36. The van der Waals surface area contributed by atoms with Gasteiger partial charge in [-0.25, -0.2) is 9.97 Å². The highest BCUT2D eigenvalue weighted by atomic mass is 19.4. The third-order valence-electron chi connectivity index (χ3n) is 3.94. The van der Waals surface area contributed by atoms with Crippen LogP contribution < -0.4 is 10.2 Å². The Balaban J connectivity index is 1.93. The summed E-state index contributed by atoms with van der Waals surface area (Å²) in [6.07, 6.45) is -2.27. The van der Waals surface area contributed by atoms with Crippen molar-refractivity contribution in [2.24, 2.45) is 5.92 Å². The first kappa shape index (κ1) is 12.7. The lowest BCUT2D eigenvalue weighted by Crippen LogP contribution is -2.39. The zero-order valence-electron chi connectivity index (χ0n) is 10.5. The number of alkyl halides is 3. The van der Waals surface area contributed by atoms with E-state index in [1.165, 1.54) is 6.20 Å². The first-order chi connectivity index (χ1) is 8.97. The van der Waals surface area contributed by atoms with Gasteiger partial charge in [-0.2, -0.15) is 13.2 Å². The molecule has 2 aliphatic rings. The molecule has 0 spiro atoms. The van der Waals surface area contributed by atoms with Crippen LogP contribution in [-0.4, -0.2) is 35.1 Å². The van der Waals surface area contributed by atoms with Gasteiger partial charge in [-0.15, -0.1) is 0 Å². The van der Waals surface area contributed by atoms with Crippen molar-refractivity contribution in [1.82, 2.24) is 15.3 Å². The Morgan fingerprint density at radius 2 is 2.16 bits per heavy atom. The third-order valence-corrected chi connectivity index (χ3v) is 3.94. The van der Waals surface area contributed by atoms with Gasteiger partial charge in [0.25, 0.3) is 0 Å². The van der Waals surface area contributed by atoms with Crippen molar-refractivity contribution < 1.29 is 13.2 Å². The molecule has 7 heteroatoms. The molecule has 3 atom stereocenters.